The molecule has 0 unspecified atom stereocenters. The molecular weight excluding hydrogens is 366 g/mol. The van der Waals surface area contributed by atoms with E-state index in [2.05, 4.69) is 10.1 Å². The van der Waals surface area contributed by atoms with E-state index < -0.39 is 0 Å². The first-order chi connectivity index (χ1) is 13.0. The highest BCUT2D eigenvalue weighted by molar-refractivity contribution is 6.30. The molecular formula is C20H20ClN3O3. The Morgan fingerprint density at radius 2 is 1.96 bits per heavy atom. The highest BCUT2D eigenvalue weighted by atomic mass is 35.5. The van der Waals surface area contributed by atoms with Gasteiger partial charge in [-0.3, -0.25) is 4.79 Å². The third-order valence-electron chi connectivity index (χ3n) is 4.18. The van der Waals surface area contributed by atoms with Gasteiger partial charge in [0.25, 0.3) is 0 Å². The van der Waals surface area contributed by atoms with Crippen LogP contribution in [0.3, 0.4) is 0 Å². The molecule has 1 aromatic heterocycles. The summed E-state index contributed by atoms with van der Waals surface area (Å²) < 4.78 is 10.5. The van der Waals surface area contributed by atoms with Gasteiger partial charge in [-0.15, -0.1) is 0 Å². The quantitative estimate of drug-likeness (QED) is 0.643. The molecule has 0 aliphatic rings. The summed E-state index contributed by atoms with van der Waals surface area (Å²) in [5.74, 6) is 1.61. The van der Waals surface area contributed by atoms with E-state index in [1.54, 1.807) is 31.2 Å². The SMILES string of the molecule is COc1ccc(CC(=O)N(C)Cc2nc(-c3ccc(Cl)cc3)no2)cc1C. The molecule has 3 aromatic rings. The van der Waals surface area contributed by atoms with Crippen LogP contribution < -0.4 is 4.74 Å². The number of amides is 1. The van der Waals surface area contributed by atoms with Crippen LogP contribution in [0.2, 0.25) is 5.02 Å². The Labute approximate surface area is 162 Å². The number of benzene rings is 2. The first-order valence-corrected chi connectivity index (χ1v) is 8.80. The Balaban J connectivity index is 1.63. The van der Waals surface area contributed by atoms with E-state index in [0.29, 0.717) is 23.2 Å². The van der Waals surface area contributed by atoms with Crippen LogP contribution in [0.25, 0.3) is 11.4 Å². The van der Waals surface area contributed by atoms with Crippen LogP contribution in [0.15, 0.2) is 47.0 Å². The second kappa shape index (κ2) is 8.22. The number of aryl methyl sites for hydroxylation is 1. The van der Waals surface area contributed by atoms with Crippen LogP contribution in [0.5, 0.6) is 5.75 Å². The van der Waals surface area contributed by atoms with Gasteiger partial charge in [0.15, 0.2) is 0 Å². The summed E-state index contributed by atoms with van der Waals surface area (Å²) in [6.45, 7) is 2.20. The van der Waals surface area contributed by atoms with E-state index in [9.17, 15) is 4.79 Å². The Hall–Kier alpha value is -2.86. The van der Waals surface area contributed by atoms with E-state index in [4.69, 9.17) is 20.9 Å². The van der Waals surface area contributed by atoms with Gasteiger partial charge in [0, 0.05) is 17.6 Å². The number of hydrogen-bond acceptors (Lipinski definition) is 5. The van der Waals surface area contributed by atoms with Gasteiger partial charge in [-0.2, -0.15) is 4.98 Å². The van der Waals surface area contributed by atoms with Crippen LogP contribution >= 0.6 is 11.6 Å². The lowest BCUT2D eigenvalue weighted by molar-refractivity contribution is -0.130. The molecule has 0 radical (unpaired) electrons. The predicted octanol–water partition coefficient (Wildman–Crippen LogP) is 3.91. The van der Waals surface area contributed by atoms with Crippen molar-refractivity contribution in [2.75, 3.05) is 14.2 Å². The van der Waals surface area contributed by atoms with Crippen molar-refractivity contribution in [1.29, 1.82) is 0 Å². The van der Waals surface area contributed by atoms with Gasteiger partial charge in [-0.05, 0) is 48.4 Å². The Morgan fingerprint density at radius 1 is 1.22 bits per heavy atom. The molecule has 1 amide bonds. The van der Waals surface area contributed by atoms with Gasteiger partial charge in [0.1, 0.15) is 5.75 Å². The van der Waals surface area contributed by atoms with E-state index in [0.717, 1.165) is 22.4 Å². The number of nitrogens with zero attached hydrogens (tertiary/aromatic N) is 3. The minimum absolute atomic E-state index is 0.0363. The molecule has 0 N–H and O–H groups in total. The minimum atomic E-state index is -0.0363. The highest BCUT2D eigenvalue weighted by Crippen LogP contribution is 2.20. The smallest absolute Gasteiger partial charge is 0.246 e. The zero-order valence-electron chi connectivity index (χ0n) is 15.4. The number of carbonyl (C=O) groups excluding carboxylic acids is 1. The average Bonchev–Trinajstić information content (AvgIpc) is 3.11. The molecule has 0 atom stereocenters. The second-order valence-corrected chi connectivity index (χ2v) is 6.69. The summed E-state index contributed by atoms with van der Waals surface area (Å²) in [7, 11) is 3.34. The number of likely N-dealkylation sites (N-methyl/N-ethyl adjacent to an activating group) is 1. The molecule has 0 saturated heterocycles. The lowest BCUT2D eigenvalue weighted by Crippen LogP contribution is -2.27. The summed E-state index contributed by atoms with van der Waals surface area (Å²) in [4.78, 5) is 18.4. The number of ether oxygens (including phenoxy) is 1. The summed E-state index contributed by atoms with van der Waals surface area (Å²) in [5, 5.41) is 4.60. The zero-order valence-corrected chi connectivity index (χ0v) is 16.2. The van der Waals surface area contributed by atoms with Crippen molar-refractivity contribution in [2.24, 2.45) is 0 Å². The maximum Gasteiger partial charge on any atom is 0.246 e. The van der Waals surface area contributed by atoms with Crippen LogP contribution in [0.4, 0.5) is 0 Å². The first kappa shape index (κ1) is 18.9. The summed E-state index contributed by atoms with van der Waals surface area (Å²) in [6, 6.07) is 12.9. The number of methoxy groups -OCH3 is 1. The Kier molecular flexibility index (Phi) is 5.76. The molecule has 0 bridgehead atoms. The zero-order chi connectivity index (χ0) is 19.4. The van der Waals surface area contributed by atoms with Crippen LogP contribution in [0.1, 0.15) is 17.0 Å². The fraction of sp³-hybridized carbons (Fsp3) is 0.250. The molecule has 1 heterocycles. The number of carbonyl (C=O) groups is 1. The predicted molar refractivity (Wildman–Crippen MR) is 103 cm³/mol. The normalized spacial score (nSPS) is 10.7. The Morgan fingerprint density at radius 3 is 2.63 bits per heavy atom. The third kappa shape index (κ3) is 4.65. The maximum atomic E-state index is 12.5. The average molecular weight is 386 g/mol. The summed E-state index contributed by atoms with van der Waals surface area (Å²) in [6.07, 6.45) is 0.291. The van der Waals surface area contributed by atoms with Crippen molar-refractivity contribution in [2.45, 2.75) is 19.9 Å². The number of hydrogen-bond donors (Lipinski definition) is 0. The van der Waals surface area contributed by atoms with E-state index in [-0.39, 0.29) is 12.5 Å². The van der Waals surface area contributed by atoms with Crippen molar-refractivity contribution in [3.05, 3.63) is 64.5 Å². The van der Waals surface area contributed by atoms with Crippen molar-refractivity contribution < 1.29 is 14.1 Å². The van der Waals surface area contributed by atoms with Crippen molar-refractivity contribution in [1.82, 2.24) is 15.0 Å². The van der Waals surface area contributed by atoms with E-state index >= 15 is 0 Å². The van der Waals surface area contributed by atoms with Gasteiger partial charge in [-0.25, -0.2) is 0 Å². The molecule has 0 fully saturated rings. The molecule has 0 spiro atoms. The molecule has 140 valence electrons. The molecule has 2 aromatic carbocycles. The van der Waals surface area contributed by atoms with Gasteiger partial charge in [0.2, 0.25) is 17.6 Å². The second-order valence-electron chi connectivity index (χ2n) is 6.25. The fourth-order valence-corrected chi connectivity index (χ4v) is 2.81. The standard InChI is InChI=1S/C20H20ClN3O3/c1-13-10-14(4-9-17(13)26-3)11-19(25)24(2)12-18-22-20(23-27-18)15-5-7-16(21)8-6-15/h4-10H,11-12H2,1-3H3. The number of aromatic nitrogens is 2. The van der Waals surface area contributed by atoms with Crippen molar-refractivity contribution in [3.8, 4) is 17.1 Å². The van der Waals surface area contributed by atoms with Crippen LogP contribution in [0, 0.1) is 6.92 Å². The van der Waals surface area contributed by atoms with Gasteiger partial charge in [-0.1, -0.05) is 28.9 Å². The molecule has 0 saturated carbocycles. The highest BCUT2D eigenvalue weighted by Gasteiger charge is 2.15. The monoisotopic (exact) mass is 385 g/mol. The molecule has 0 aliphatic heterocycles. The van der Waals surface area contributed by atoms with Crippen molar-refractivity contribution >= 4 is 17.5 Å². The van der Waals surface area contributed by atoms with E-state index in [1.807, 2.05) is 37.3 Å². The van der Waals surface area contributed by atoms with Crippen molar-refractivity contribution in [3.63, 3.8) is 0 Å². The fourth-order valence-electron chi connectivity index (χ4n) is 2.69. The van der Waals surface area contributed by atoms with Gasteiger partial charge < -0.3 is 14.2 Å². The molecule has 3 rings (SSSR count). The molecule has 7 heteroatoms. The largest absolute Gasteiger partial charge is 0.496 e. The molecule has 6 nitrogen and oxygen atoms in total. The third-order valence-corrected chi connectivity index (χ3v) is 4.44. The molecule has 0 aliphatic carbocycles. The Bertz CT molecular complexity index is 938. The number of rotatable bonds is 6. The number of halogens is 1. The first-order valence-electron chi connectivity index (χ1n) is 8.42. The molecule has 27 heavy (non-hydrogen) atoms. The van der Waals surface area contributed by atoms with Gasteiger partial charge in [0.05, 0.1) is 20.1 Å². The topological polar surface area (TPSA) is 68.5 Å². The van der Waals surface area contributed by atoms with Crippen LogP contribution in [-0.2, 0) is 17.8 Å². The maximum absolute atomic E-state index is 12.5. The minimum Gasteiger partial charge on any atom is -0.496 e. The lowest BCUT2D eigenvalue weighted by Gasteiger charge is -2.15. The van der Waals surface area contributed by atoms with Gasteiger partial charge >= 0.3 is 0 Å². The summed E-state index contributed by atoms with van der Waals surface area (Å²) in [5.41, 5.74) is 2.73. The lowest BCUT2D eigenvalue weighted by atomic mass is 10.1. The van der Waals surface area contributed by atoms with E-state index in [1.165, 1.54) is 0 Å². The van der Waals surface area contributed by atoms with Crippen LogP contribution in [-0.4, -0.2) is 35.1 Å². The summed E-state index contributed by atoms with van der Waals surface area (Å²) >= 11 is 5.89.